The van der Waals surface area contributed by atoms with Gasteiger partial charge in [0, 0.05) is 12.1 Å². The van der Waals surface area contributed by atoms with Gasteiger partial charge in [-0.25, -0.2) is 0 Å². The number of ether oxygens (including phenoxy) is 1. The minimum Gasteiger partial charge on any atom is -0.496 e. The minimum absolute atomic E-state index is 0.0889. The van der Waals surface area contributed by atoms with Crippen LogP contribution in [0.25, 0.3) is 0 Å². The Kier molecular flexibility index (Phi) is 4.48. The van der Waals surface area contributed by atoms with Gasteiger partial charge in [-0.2, -0.15) is 0 Å². The summed E-state index contributed by atoms with van der Waals surface area (Å²) in [4.78, 5) is 0. The maximum Gasteiger partial charge on any atom is 0.122 e. The summed E-state index contributed by atoms with van der Waals surface area (Å²) >= 11 is 0. The van der Waals surface area contributed by atoms with Crippen molar-refractivity contribution in [2.24, 2.45) is 5.73 Å². The molecule has 0 unspecified atom stereocenters. The third kappa shape index (κ3) is 3.95. The fraction of sp³-hybridized carbons (Fsp3) is 0.625. The van der Waals surface area contributed by atoms with E-state index >= 15 is 0 Å². The van der Waals surface area contributed by atoms with E-state index in [1.54, 1.807) is 7.11 Å². The van der Waals surface area contributed by atoms with Gasteiger partial charge in [-0.1, -0.05) is 26.0 Å². The van der Waals surface area contributed by atoms with Crippen molar-refractivity contribution in [1.82, 2.24) is 5.32 Å². The molecule has 0 atom stereocenters. The molecule has 1 aromatic carbocycles. The molecule has 0 heterocycles. The molecule has 0 bridgehead atoms. The average Bonchev–Trinajstić information content (AvgIpc) is 3.13. The third-order valence-corrected chi connectivity index (χ3v) is 3.92. The zero-order valence-corrected chi connectivity index (χ0v) is 12.3. The number of hydrogen-bond acceptors (Lipinski definition) is 3. The van der Waals surface area contributed by atoms with Crippen molar-refractivity contribution in [2.75, 3.05) is 20.2 Å². The largest absolute Gasteiger partial charge is 0.496 e. The molecule has 0 saturated heterocycles. The Morgan fingerprint density at radius 2 is 2.11 bits per heavy atom. The van der Waals surface area contributed by atoms with Crippen LogP contribution in [0.2, 0.25) is 0 Å². The van der Waals surface area contributed by atoms with Gasteiger partial charge in [-0.05, 0) is 48.9 Å². The molecule has 0 aliphatic heterocycles. The monoisotopic (exact) mass is 262 g/mol. The molecule has 0 radical (unpaired) electrons. The van der Waals surface area contributed by atoms with Gasteiger partial charge in [0.25, 0.3) is 0 Å². The van der Waals surface area contributed by atoms with Crippen LogP contribution in [0.5, 0.6) is 5.75 Å². The van der Waals surface area contributed by atoms with Crippen molar-refractivity contribution in [1.29, 1.82) is 0 Å². The van der Waals surface area contributed by atoms with Crippen LogP contribution < -0.4 is 15.8 Å². The van der Waals surface area contributed by atoms with Crippen LogP contribution in [0.4, 0.5) is 0 Å². The molecular formula is C16H26N2O. The number of nitrogens with two attached hydrogens (primary N) is 1. The molecule has 2 rings (SSSR count). The quantitative estimate of drug-likeness (QED) is 0.742. The first-order valence-electron chi connectivity index (χ1n) is 7.20. The Morgan fingerprint density at radius 3 is 2.68 bits per heavy atom. The van der Waals surface area contributed by atoms with Gasteiger partial charge in [0.1, 0.15) is 5.75 Å². The Labute approximate surface area is 116 Å². The molecule has 19 heavy (non-hydrogen) atoms. The Bertz CT molecular complexity index is 425. The second-order valence-corrected chi connectivity index (χ2v) is 6.02. The lowest BCUT2D eigenvalue weighted by molar-refractivity contribution is 0.408. The third-order valence-electron chi connectivity index (χ3n) is 3.92. The molecule has 3 nitrogen and oxygen atoms in total. The Balaban J connectivity index is 1.88. The summed E-state index contributed by atoms with van der Waals surface area (Å²) in [6.07, 6.45) is 3.30. The lowest BCUT2D eigenvalue weighted by Gasteiger charge is -2.14. The molecule has 0 spiro atoms. The van der Waals surface area contributed by atoms with Crippen molar-refractivity contribution in [3.05, 3.63) is 29.3 Å². The highest BCUT2D eigenvalue weighted by atomic mass is 16.5. The van der Waals surface area contributed by atoms with Crippen LogP contribution in [-0.2, 0) is 6.42 Å². The van der Waals surface area contributed by atoms with E-state index in [4.69, 9.17) is 10.5 Å². The SMILES string of the molecule is COc1cc(C(C)C)ccc1CCNCC1(N)CC1. The summed E-state index contributed by atoms with van der Waals surface area (Å²) in [6, 6.07) is 6.55. The van der Waals surface area contributed by atoms with E-state index in [-0.39, 0.29) is 5.54 Å². The molecule has 1 fully saturated rings. The summed E-state index contributed by atoms with van der Waals surface area (Å²) in [6.45, 7) is 6.29. The normalized spacial score (nSPS) is 16.7. The van der Waals surface area contributed by atoms with Crippen molar-refractivity contribution in [3.63, 3.8) is 0 Å². The zero-order valence-electron chi connectivity index (χ0n) is 12.3. The van der Waals surface area contributed by atoms with Gasteiger partial charge in [-0.3, -0.25) is 0 Å². The highest BCUT2D eigenvalue weighted by Gasteiger charge is 2.37. The van der Waals surface area contributed by atoms with E-state index in [2.05, 4.69) is 37.4 Å². The van der Waals surface area contributed by atoms with Gasteiger partial charge in [0.15, 0.2) is 0 Å². The van der Waals surface area contributed by atoms with Crippen LogP contribution in [0.1, 0.15) is 43.7 Å². The predicted molar refractivity (Wildman–Crippen MR) is 79.8 cm³/mol. The van der Waals surface area contributed by atoms with E-state index < -0.39 is 0 Å². The molecule has 3 heteroatoms. The molecule has 1 aliphatic carbocycles. The fourth-order valence-corrected chi connectivity index (χ4v) is 2.22. The highest BCUT2D eigenvalue weighted by Crippen LogP contribution is 2.31. The van der Waals surface area contributed by atoms with Crippen molar-refractivity contribution in [3.8, 4) is 5.75 Å². The molecule has 0 amide bonds. The summed E-state index contributed by atoms with van der Waals surface area (Å²) < 4.78 is 5.49. The lowest BCUT2D eigenvalue weighted by Crippen LogP contribution is -2.36. The van der Waals surface area contributed by atoms with E-state index in [0.29, 0.717) is 5.92 Å². The van der Waals surface area contributed by atoms with Crippen LogP contribution in [0.15, 0.2) is 18.2 Å². The van der Waals surface area contributed by atoms with E-state index in [1.807, 2.05) is 0 Å². The van der Waals surface area contributed by atoms with Crippen LogP contribution in [0, 0.1) is 0 Å². The molecule has 106 valence electrons. The first kappa shape index (κ1) is 14.4. The van der Waals surface area contributed by atoms with Crippen LogP contribution in [-0.4, -0.2) is 25.7 Å². The number of nitrogens with one attached hydrogen (secondary N) is 1. The second-order valence-electron chi connectivity index (χ2n) is 6.02. The highest BCUT2D eigenvalue weighted by molar-refractivity contribution is 5.38. The van der Waals surface area contributed by atoms with Gasteiger partial charge < -0.3 is 15.8 Å². The average molecular weight is 262 g/mol. The van der Waals surface area contributed by atoms with E-state index in [1.165, 1.54) is 11.1 Å². The molecule has 1 aliphatic rings. The molecule has 0 aromatic heterocycles. The molecule has 1 saturated carbocycles. The van der Waals surface area contributed by atoms with Crippen molar-refractivity contribution in [2.45, 2.75) is 44.6 Å². The van der Waals surface area contributed by atoms with Crippen molar-refractivity contribution >= 4 is 0 Å². The lowest BCUT2D eigenvalue weighted by atomic mass is 10.00. The molecule has 3 N–H and O–H groups in total. The van der Waals surface area contributed by atoms with Gasteiger partial charge in [0.05, 0.1) is 7.11 Å². The van der Waals surface area contributed by atoms with Crippen LogP contribution in [0.3, 0.4) is 0 Å². The maximum absolute atomic E-state index is 6.05. The van der Waals surface area contributed by atoms with Gasteiger partial charge in [-0.15, -0.1) is 0 Å². The summed E-state index contributed by atoms with van der Waals surface area (Å²) in [7, 11) is 1.75. The first-order chi connectivity index (χ1) is 9.04. The first-order valence-corrected chi connectivity index (χ1v) is 7.20. The van der Waals surface area contributed by atoms with E-state index in [0.717, 1.165) is 38.1 Å². The Morgan fingerprint density at radius 1 is 1.37 bits per heavy atom. The molecular weight excluding hydrogens is 236 g/mol. The van der Waals surface area contributed by atoms with Crippen molar-refractivity contribution < 1.29 is 4.74 Å². The van der Waals surface area contributed by atoms with E-state index in [9.17, 15) is 0 Å². The van der Waals surface area contributed by atoms with Crippen LogP contribution >= 0.6 is 0 Å². The summed E-state index contributed by atoms with van der Waals surface area (Å²) in [5.74, 6) is 1.54. The smallest absolute Gasteiger partial charge is 0.122 e. The summed E-state index contributed by atoms with van der Waals surface area (Å²) in [5, 5.41) is 3.44. The Hall–Kier alpha value is -1.06. The van der Waals surface area contributed by atoms with Gasteiger partial charge in [0.2, 0.25) is 0 Å². The predicted octanol–water partition coefficient (Wildman–Crippen LogP) is 2.44. The molecule has 1 aromatic rings. The van der Waals surface area contributed by atoms with Gasteiger partial charge >= 0.3 is 0 Å². The summed E-state index contributed by atoms with van der Waals surface area (Å²) in [5.41, 5.74) is 8.73. The minimum atomic E-state index is 0.0889. The zero-order chi connectivity index (χ0) is 13.9. The fourth-order valence-electron chi connectivity index (χ4n) is 2.22. The number of rotatable bonds is 7. The standard InChI is InChI=1S/C16H26N2O/c1-12(2)14-5-4-13(15(10-14)19-3)6-9-18-11-16(17)7-8-16/h4-5,10,12,18H,6-9,11,17H2,1-3H3. The number of methoxy groups -OCH3 is 1. The maximum atomic E-state index is 6.05. The number of benzene rings is 1. The second kappa shape index (κ2) is 5.93. The topological polar surface area (TPSA) is 47.3 Å². The number of hydrogen-bond donors (Lipinski definition) is 2.